The van der Waals surface area contributed by atoms with Crippen LogP contribution in [-0.4, -0.2) is 8.42 Å². The number of rotatable bonds is 3. The van der Waals surface area contributed by atoms with Crippen LogP contribution in [0.1, 0.15) is 29.5 Å². The van der Waals surface area contributed by atoms with Crippen LogP contribution in [0.25, 0.3) is 11.1 Å². The van der Waals surface area contributed by atoms with Crippen molar-refractivity contribution < 1.29 is 21.6 Å². The van der Waals surface area contributed by atoms with E-state index in [0.717, 1.165) is 24.5 Å². The number of allylic oxidation sites excluding steroid dienone is 4. The molecule has 1 spiro atoms. The van der Waals surface area contributed by atoms with E-state index in [1.54, 1.807) is 18.2 Å². The van der Waals surface area contributed by atoms with Crippen molar-refractivity contribution in [3.05, 3.63) is 76.3 Å². The molecule has 0 atom stereocenters. The lowest BCUT2D eigenvalue weighted by molar-refractivity contribution is -0.137. The fourth-order valence-corrected chi connectivity index (χ4v) is 4.16. The van der Waals surface area contributed by atoms with E-state index in [1.807, 2.05) is 12.2 Å². The van der Waals surface area contributed by atoms with Gasteiger partial charge in [-0.25, -0.2) is 13.6 Å². The Kier molecular flexibility index (Phi) is 4.26. The maximum absolute atomic E-state index is 13.3. The third-order valence-electron chi connectivity index (χ3n) is 5.06. The van der Waals surface area contributed by atoms with Crippen molar-refractivity contribution in [3.8, 4) is 0 Å². The molecule has 0 heterocycles. The van der Waals surface area contributed by atoms with E-state index < -0.39 is 21.8 Å². The second-order valence-corrected chi connectivity index (χ2v) is 9.08. The summed E-state index contributed by atoms with van der Waals surface area (Å²) in [7, 11) is -3.82. The third kappa shape index (κ3) is 3.50. The van der Waals surface area contributed by atoms with Crippen molar-refractivity contribution in [1.29, 1.82) is 0 Å². The average Bonchev–Trinajstić information content (AvgIpc) is 3.25. The van der Waals surface area contributed by atoms with E-state index in [4.69, 9.17) is 16.7 Å². The Bertz CT molecular complexity index is 1130. The van der Waals surface area contributed by atoms with E-state index in [9.17, 15) is 21.6 Å². The fraction of sp³-hybridized carbons (Fsp3) is 0.200. The number of hydrogen-bond donors (Lipinski definition) is 1. The lowest BCUT2D eigenvalue weighted by Gasteiger charge is -2.14. The van der Waals surface area contributed by atoms with Crippen molar-refractivity contribution in [1.82, 2.24) is 0 Å². The second-order valence-electron chi connectivity index (χ2n) is 7.11. The van der Waals surface area contributed by atoms with Crippen LogP contribution in [0.3, 0.4) is 0 Å². The van der Waals surface area contributed by atoms with Gasteiger partial charge in [0.2, 0.25) is 10.0 Å². The summed E-state index contributed by atoms with van der Waals surface area (Å²) >= 11 is 5.75. The Morgan fingerprint density at radius 2 is 1.46 bits per heavy atom. The van der Waals surface area contributed by atoms with Crippen LogP contribution < -0.4 is 5.14 Å². The van der Waals surface area contributed by atoms with E-state index in [1.165, 1.54) is 18.2 Å². The van der Waals surface area contributed by atoms with Crippen LogP contribution in [0.15, 0.2) is 59.5 Å². The van der Waals surface area contributed by atoms with Crippen molar-refractivity contribution in [2.75, 3.05) is 0 Å². The Morgan fingerprint density at radius 1 is 0.929 bits per heavy atom. The normalized spacial score (nSPS) is 18.2. The topological polar surface area (TPSA) is 60.2 Å². The lowest BCUT2D eigenvalue weighted by Crippen LogP contribution is -2.11. The summed E-state index contributed by atoms with van der Waals surface area (Å²) in [5.74, 6) is 0. The molecule has 8 heteroatoms. The molecule has 2 aliphatic rings. The zero-order chi connectivity index (χ0) is 20.3. The van der Waals surface area contributed by atoms with Gasteiger partial charge in [0.05, 0.1) is 15.5 Å². The number of benzene rings is 2. The highest BCUT2D eigenvalue weighted by molar-refractivity contribution is 7.89. The zero-order valence-corrected chi connectivity index (χ0v) is 16.0. The molecule has 0 amide bonds. The Balaban J connectivity index is 1.79. The molecule has 4 rings (SSSR count). The molecule has 0 aliphatic heterocycles. The average molecular weight is 426 g/mol. The van der Waals surface area contributed by atoms with Crippen LogP contribution in [-0.2, 0) is 16.2 Å². The number of hydrogen-bond acceptors (Lipinski definition) is 2. The first kappa shape index (κ1) is 19.2. The molecule has 28 heavy (non-hydrogen) atoms. The van der Waals surface area contributed by atoms with Gasteiger partial charge in [-0.15, -0.1) is 0 Å². The molecule has 0 aromatic heterocycles. The van der Waals surface area contributed by atoms with E-state index >= 15 is 0 Å². The molecule has 2 aromatic carbocycles. The van der Waals surface area contributed by atoms with Gasteiger partial charge in [-0.3, -0.25) is 0 Å². The molecular formula is C20H15ClF3NO2S. The molecule has 1 saturated carbocycles. The van der Waals surface area contributed by atoms with Gasteiger partial charge in [0.1, 0.15) is 0 Å². The standard InChI is InChI=1S/C20H15ClF3NO2S/c21-18-6-3-13(9-17(18)20(22,23)24)16-11-19(7-8-19)10-15(16)12-1-4-14(5-2-12)28(25,26)27/h1-6,9-11H,7-8H2,(H2,25,26,27). The number of nitrogens with two attached hydrogens (primary N) is 1. The van der Waals surface area contributed by atoms with Crippen LogP contribution in [0, 0.1) is 5.41 Å². The monoisotopic (exact) mass is 425 g/mol. The van der Waals surface area contributed by atoms with Gasteiger partial charge in [-0.2, -0.15) is 13.2 Å². The van der Waals surface area contributed by atoms with Gasteiger partial charge in [0, 0.05) is 5.41 Å². The Morgan fingerprint density at radius 3 is 1.96 bits per heavy atom. The maximum Gasteiger partial charge on any atom is 0.417 e. The SMILES string of the molecule is NS(=O)(=O)c1ccc(C2=CC3(C=C2c2ccc(Cl)c(C(F)(F)F)c2)CC3)cc1. The van der Waals surface area contributed by atoms with E-state index in [-0.39, 0.29) is 15.3 Å². The van der Waals surface area contributed by atoms with Gasteiger partial charge in [-0.1, -0.05) is 42.0 Å². The highest BCUT2D eigenvalue weighted by Crippen LogP contribution is 2.58. The molecule has 0 unspecified atom stereocenters. The second kappa shape index (κ2) is 6.20. The van der Waals surface area contributed by atoms with Crippen molar-refractivity contribution in [2.24, 2.45) is 10.6 Å². The molecular weight excluding hydrogens is 411 g/mol. The van der Waals surface area contributed by atoms with Crippen LogP contribution in [0.5, 0.6) is 0 Å². The lowest BCUT2D eigenvalue weighted by atomic mass is 9.94. The van der Waals surface area contributed by atoms with Crippen molar-refractivity contribution >= 4 is 32.8 Å². The van der Waals surface area contributed by atoms with Crippen molar-refractivity contribution in [3.63, 3.8) is 0 Å². The van der Waals surface area contributed by atoms with Crippen LogP contribution in [0.4, 0.5) is 13.2 Å². The predicted octanol–water partition coefficient (Wildman–Crippen LogP) is 5.27. The zero-order valence-electron chi connectivity index (χ0n) is 14.4. The summed E-state index contributed by atoms with van der Waals surface area (Å²) in [6.07, 6.45) is 1.32. The first-order valence-corrected chi connectivity index (χ1v) is 10.4. The van der Waals surface area contributed by atoms with Gasteiger partial charge in [0.15, 0.2) is 0 Å². The molecule has 2 N–H and O–H groups in total. The summed E-state index contributed by atoms with van der Waals surface area (Å²) in [4.78, 5) is -0.0210. The highest BCUT2D eigenvalue weighted by atomic mass is 35.5. The predicted molar refractivity (Wildman–Crippen MR) is 102 cm³/mol. The molecule has 2 aliphatic carbocycles. The minimum atomic E-state index is -4.55. The number of halogens is 4. The Labute approximate surface area is 165 Å². The molecule has 1 fully saturated rings. The first-order chi connectivity index (χ1) is 13.0. The highest BCUT2D eigenvalue weighted by Gasteiger charge is 2.43. The molecule has 0 radical (unpaired) electrons. The molecule has 2 aromatic rings. The first-order valence-electron chi connectivity index (χ1n) is 8.45. The smallest absolute Gasteiger partial charge is 0.225 e. The minimum absolute atomic E-state index is 0.0210. The van der Waals surface area contributed by atoms with Crippen molar-refractivity contribution in [2.45, 2.75) is 23.9 Å². The van der Waals surface area contributed by atoms with Crippen LogP contribution >= 0.6 is 11.6 Å². The minimum Gasteiger partial charge on any atom is -0.225 e. The molecule has 0 saturated heterocycles. The van der Waals surface area contributed by atoms with E-state index in [2.05, 4.69) is 0 Å². The quantitative estimate of drug-likeness (QED) is 0.728. The van der Waals surface area contributed by atoms with Gasteiger partial charge in [-0.05, 0) is 59.4 Å². The summed E-state index contributed by atoms with van der Waals surface area (Å²) in [5, 5.41) is 4.78. The summed E-state index contributed by atoms with van der Waals surface area (Å²) in [6, 6.07) is 9.89. The van der Waals surface area contributed by atoms with Crippen LogP contribution in [0.2, 0.25) is 5.02 Å². The summed E-state index contributed by atoms with van der Waals surface area (Å²) in [6.45, 7) is 0. The molecule has 0 bridgehead atoms. The van der Waals surface area contributed by atoms with Gasteiger partial charge in [0.25, 0.3) is 0 Å². The fourth-order valence-electron chi connectivity index (χ4n) is 3.42. The molecule has 146 valence electrons. The van der Waals surface area contributed by atoms with Gasteiger partial charge < -0.3 is 0 Å². The number of primary sulfonamides is 1. The van der Waals surface area contributed by atoms with E-state index in [0.29, 0.717) is 16.7 Å². The maximum atomic E-state index is 13.3. The Hall–Kier alpha value is -2.09. The van der Waals surface area contributed by atoms with Gasteiger partial charge >= 0.3 is 6.18 Å². The number of sulfonamides is 1. The summed E-state index contributed by atoms with van der Waals surface area (Å²) in [5.41, 5.74) is 1.57. The largest absolute Gasteiger partial charge is 0.417 e. The summed E-state index contributed by atoms with van der Waals surface area (Å²) < 4.78 is 62.7. The number of alkyl halides is 3. The molecule has 3 nitrogen and oxygen atoms in total. The third-order valence-corrected chi connectivity index (χ3v) is 6.32.